The number of benzene rings is 1. The van der Waals surface area contributed by atoms with Crippen LogP contribution in [-0.2, 0) is 0 Å². The van der Waals surface area contributed by atoms with E-state index in [2.05, 4.69) is 20.8 Å². The van der Waals surface area contributed by atoms with E-state index in [-0.39, 0.29) is 11.7 Å². The molecule has 0 fully saturated rings. The minimum absolute atomic E-state index is 0.164. The summed E-state index contributed by atoms with van der Waals surface area (Å²) in [4.78, 5) is 11.2. The summed E-state index contributed by atoms with van der Waals surface area (Å²) >= 11 is 0. The highest BCUT2D eigenvalue weighted by molar-refractivity contribution is 5.77. The number of ether oxygens (including phenoxy) is 1. The molecule has 0 radical (unpaired) electrons. The lowest BCUT2D eigenvalue weighted by molar-refractivity contribution is 0.199. The summed E-state index contributed by atoms with van der Waals surface area (Å²) < 4.78 is 11.1. The van der Waals surface area contributed by atoms with Crippen molar-refractivity contribution in [1.29, 1.82) is 0 Å². The molecule has 0 saturated heterocycles. The fourth-order valence-electron chi connectivity index (χ4n) is 2.13. The maximum absolute atomic E-state index is 11.2. The molecular weight excluding hydrogens is 252 g/mol. The van der Waals surface area contributed by atoms with E-state index in [4.69, 9.17) is 9.15 Å². The van der Waals surface area contributed by atoms with Crippen LogP contribution in [-0.4, -0.2) is 6.10 Å². The van der Waals surface area contributed by atoms with Crippen LogP contribution in [0, 0.1) is 5.92 Å². The maximum Gasteiger partial charge on any atom is 0.336 e. The van der Waals surface area contributed by atoms with Crippen molar-refractivity contribution in [2.75, 3.05) is 0 Å². The summed E-state index contributed by atoms with van der Waals surface area (Å²) in [5, 5.41) is 0.907. The fourth-order valence-corrected chi connectivity index (χ4v) is 2.13. The first-order valence-corrected chi connectivity index (χ1v) is 7.29. The molecule has 0 N–H and O–H groups in total. The molecule has 2 atom stereocenters. The molecule has 2 unspecified atom stereocenters. The van der Waals surface area contributed by atoms with Gasteiger partial charge in [0, 0.05) is 17.5 Å². The average molecular weight is 274 g/mol. The van der Waals surface area contributed by atoms with Gasteiger partial charge in [0.05, 0.1) is 6.10 Å². The summed E-state index contributed by atoms with van der Waals surface area (Å²) in [5.74, 6) is 1.49. The first kappa shape index (κ1) is 14.6. The predicted molar refractivity (Wildman–Crippen MR) is 81.3 cm³/mol. The second-order valence-electron chi connectivity index (χ2n) is 5.47. The molecule has 3 nitrogen and oxygen atoms in total. The highest BCUT2D eigenvalue weighted by Gasteiger charge is 2.08. The summed E-state index contributed by atoms with van der Waals surface area (Å²) in [6.07, 6.45) is 3.57. The topological polar surface area (TPSA) is 39.4 Å². The van der Waals surface area contributed by atoms with Gasteiger partial charge in [0.15, 0.2) is 0 Å². The van der Waals surface area contributed by atoms with Crippen LogP contribution in [0.15, 0.2) is 39.5 Å². The van der Waals surface area contributed by atoms with Gasteiger partial charge < -0.3 is 9.15 Å². The minimum Gasteiger partial charge on any atom is -0.491 e. The third-order valence-corrected chi connectivity index (χ3v) is 3.69. The summed E-state index contributed by atoms with van der Waals surface area (Å²) in [6.45, 7) is 6.55. The van der Waals surface area contributed by atoms with Crippen LogP contribution in [0.3, 0.4) is 0 Å². The largest absolute Gasteiger partial charge is 0.491 e. The number of rotatable bonds is 6. The van der Waals surface area contributed by atoms with Gasteiger partial charge in [-0.15, -0.1) is 0 Å². The SMILES string of the molecule is CCC(C)CCC(C)Oc1ccc2ccc(=O)oc2c1. The smallest absolute Gasteiger partial charge is 0.336 e. The van der Waals surface area contributed by atoms with Crippen molar-refractivity contribution in [2.24, 2.45) is 5.92 Å². The van der Waals surface area contributed by atoms with E-state index >= 15 is 0 Å². The van der Waals surface area contributed by atoms with Crippen LogP contribution in [0.1, 0.15) is 40.0 Å². The van der Waals surface area contributed by atoms with E-state index in [1.807, 2.05) is 12.1 Å². The Morgan fingerprint density at radius 1 is 1.15 bits per heavy atom. The zero-order valence-electron chi connectivity index (χ0n) is 12.4. The number of hydrogen-bond acceptors (Lipinski definition) is 3. The Labute approximate surface area is 119 Å². The Hall–Kier alpha value is -1.77. The molecule has 1 heterocycles. The van der Waals surface area contributed by atoms with Crippen LogP contribution in [0.25, 0.3) is 11.0 Å². The lowest BCUT2D eigenvalue weighted by atomic mass is 10.0. The van der Waals surface area contributed by atoms with Crippen molar-refractivity contribution in [2.45, 2.75) is 46.1 Å². The monoisotopic (exact) mass is 274 g/mol. The summed E-state index contributed by atoms with van der Waals surface area (Å²) in [6, 6.07) is 8.81. The highest BCUT2D eigenvalue weighted by Crippen LogP contribution is 2.22. The van der Waals surface area contributed by atoms with Crippen LogP contribution in [0.2, 0.25) is 0 Å². The van der Waals surface area contributed by atoms with Gasteiger partial charge in [-0.05, 0) is 43.9 Å². The Balaban J connectivity index is 2.04. The molecule has 0 amide bonds. The predicted octanol–water partition coefficient (Wildman–Crippen LogP) is 4.39. The lowest BCUT2D eigenvalue weighted by Crippen LogP contribution is -2.13. The minimum atomic E-state index is -0.334. The molecule has 1 aromatic carbocycles. The Morgan fingerprint density at radius 2 is 1.90 bits per heavy atom. The van der Waals surface area contributed by atoms with E-state index < -0.39 is 0 Å². The zero-order valence-corrected chi connectivity index (χ0v) is 12.4. The van der Waals surface area contributed by atoms with E-state index in [1.54, 1.807) is 12.1 Å². The molecule has 0 aliphatic rings. The van der Waals surface area contributed by atoms with Gasteiger partial charge in [-0.3, -0.25) is 0 Å². The highest BCUT2D eigenvalue weighted by atomic mass is 16.5. The van der Waals surface area contributed by atoms with Crippen LogP contribution in [0.5, 0.6) is 5.75 Å². The normalized spacial score (nSPS) is 14.2. The summed E-state index contributed by atoms with van der Waals surface area (Å²) in [7, 11) is 0. The van der Waals surface area contributed by atoms with Crippen molar-refractivity contribution >= 4 is 11.0 Å². The first-order valence-electron chi connectivity index (χ1n) is 7.29. The third kappa shape index (κ3) is 3.86. The quantitative estimate of drug-likeness (QED) is 0.733. The Morgan fingerprint density at radius 3 is 2.65 bits per heavy atom. The molecular formula is C17H22O3. The van der Waals surface area contributed by atoms with Crippen molar-refractivity contribution in [1.82, 2.24) is 0 Å². The molecule has 108 valence electrons. The van der Waals surface area contributed by atoms with Crippen molar-refractivity contribution in [3.05, 3.63) is 40.8 Å². The molecule has 20 heavy (non-hydrogen) atoms. The average Bonchev–Trinajstić information content (AvgIpc) is 2.44. The summed E-state index contributed by atoms with van der Waals surface area (Å²) in [5.41, 5.74) is 0.239. The Kier molecular flexibility index (Phi) is 4.83. The van der Waals surface area contributed by atoms with Crippen molar-refractivity contribution < 1.29 is 9.15 Å². The van der Waals surface area contributed by atoms with Gasteiger partial charge in [-0.25, -0.2) is 4.79 Å². The first-order chi connectivity index (χ1) is 9.58. The van der Waals surface area contributed by atoms with E-state index in [0.717, 1.165) is 23.5 Å². The number of fused-ring (bicyclic) bond motifs is 1. The van der Waals surface area contributed by atoms with Gasteiger partial charge in [0.25, 0.3) is 0 Å². The van der Waals surface area contributed by atoms with Crippen LogP contribution >= 0.6 is 0 Å². The molecule has 2 rings (SSSR count). The molecule has 0 bridgehead atoms. The standard InChI is InChI=1S/C17H22O3/c1-4-12(2)5-6-13(3)19-15-9-7-14-8-10-17(18)20-16(14)11-15/h7-13H,4-6H2,1-3H3. The van der Waals surface area contributed by atoms with Gasteiger partial charge >= 0.3 is 5.63 Å². The molecule has 1 aromatic heterocycles. The second-order valence-corrected chi connectivity index (χ2v) is 5.47. The molecule has 0 aliphatic carbocycles. The second kappa shape index (κ2) is 6.60. The zero-order chi connectivity index (χ0) is 14.5. The third-order valence-electron chi connectivity index (χ3n) is 3.69. The van der Waals surface area contributed by atoms with Gasteiger partial charge in [0.1, 0.15) is 11.3 Å². The maximum atomic E-state index is 11.2. The molecule has 0 saturated carbocycles. The Bertz CT molecular complexity index is 615. The van der Waals surface area contributed by atoms with Gasteiger partial charge in [-0.1, -0.05) is 20.3 Å². The van der Waals surface area contributed by atoms with Crippen molar-refractivity contribution in [3.63, 3.8) is 0 Å². The van der Waals surface area contributed by atoms with Gasteiger partial charge in [-0.2, -0.15) is 0 Å². The molecule has 0 spiro atoms. The van der Waals surface area contributed by atoms with Gasteiger partial charge in [0.2, 0.25) is 0 Å². The van der Waals surface area contributed by atoms with E-state index in [9.17, 15) is 4.79 Å². The lowest BCUT2D eigenvalue weighted by Gasteiger charge is -2.16. The molecule has 0 aliphatic heterocycles. The van der Waals surface area contributed by atoms with Crippen LogP contribution in [0.4, 0.5) is 0 Å². The fraction of sp³-hybridized carbons (Fsp3) is 0.471. The number of hydrogen-bond donors (Lipinski definition) is 0. The van der Waals surface area contributed by atoms with E-state index in [1.165, 1.54) is 18.9 Å². The van der Waals surface area contributed by atoms with Crippen molar-refractivity contribution in [3.8, 4) is 5.75 Å². The molecule has 2 aromatic rings. The molecule has 3 heteroatoms. The van der Waals surface area contributed by atoms with Crippen LogP contribution < -0.4 is 10.4 Å². The van der Waals surface area contributed by atoms with E-state index in [0.29, 0.717) is 5.58 Å².